The molecule has 2 unspecified atom stereocenters. The Morgan fingerprint density at radius 3 is 2.29 bits per heavy atom. The molecule has 0 radical (unpaired) electrons. The maximum absolute atomic E-state index is 5.09. The van der Waals surface area contributed by atoms with Crippen LogP contribution in [-0.4, -0.2) is 50.3 Å². The van der Waals surface area contributed by atoms with E-state index in [0.29, 0.717) is 12.0 Å². The molecule has 0 aromatic carbocycles. The van der Waals surface area contributed by atoms with Gasteiger partial charge < -0.3 is 15.0 Å². The van der Waals surface area contributed by atoms with Crippen molar-refractivity contribution in [1.29, 1.82) is 0 Å². The van der Waals surface area contributed by atoms with E-state index < -0.39 is 0 Å². The Balaban J connectivity index is 3.89. The first-order valence-electron chi connectivity index (χ1n) is 6.72. The molecule has 0 aromatic heterocycles. The molecular formula is C14H32N2O. The van der Waals surface area contributed by atoms with Crippen LogP contribution in [0.4, 0.5) is 0 Å². The number of nitrogens with zero attached hydrogens (tertiary/aromatic N) is 1. The lowest BCUT2D eigenvalue weighted by Gasteiger charge is -2.32. The van der Waals surface area contributed by atoms with Gasteiger partial charge in [0.15, 0.2) is 0 Å². The second-order valence-electron chi connectivity index (χ2n) is 6.18. The van der Waals surface area contributed by atoms with Crippen LogP contribution in [-0.2, 0) is 4.74 Å². The van der Waals surface area contributed by atoms with Gasteiger partial charge >= 0.3 is 0 Å². The molecule has 0 aliphatic rings. The lowest BCUT2D eigenvalue weighted by Crippen LogP contribution is -2.44. The minimum atomic E-state index is 0.211. The highest BCUT2D eigenvalue weighted by Crippen LogP contribution is 2.10. The van der Waals surface area contributed by atoms with E-state index in [1.54, 1.807) is 7.11 Å². The lowest BCUT2D eigenvalue weighted by atomic mass is 10.00. The van der Waals surface area contributed by atoms with Crippen molar-refractivity contribution in [2.24, 2.45) is 5.92 Å². The summed E-state index contributed by atoms with van der Waals surface area (Å²) >= 11 is 0. The molecular weight excluding hydrogens is 212 g/mol. The lowest BCUT2D eigenvalue weighted by molar-refractivity contribution is 0.149. The van der Waals surface area contributed by atoms with Gasteiger partial charge in [0, 0.05) is 31.8 Å². The van der Waals surface area contributed by atoms with Gasteiger partial charge in [-0.15, -0.1) is 0 Å². The molecule has 0 amide bonds. The molecule has 3 nitrogen and oxygen atoms in total. The average Bonchev–Trinajstić information content (AvgIpc) is 2.24. The van der Waals surface area contributed by atoms with Gasteiger partial charge in [0.25, 0.3) is 0 Å². The van der Waals surface area contributed by atoms with E-state index in [-0.39, 0.29) is 5.54 Å². The summed E-state index contributed by atoms with van der Waals surface area (Å²) in [4.78, 5) is 2.42. The number of ether oxygens (including phenoxy) is 1. The molecule has 0 aromatic rings. The summed E-state index contributed by atoms with van der Waals surface area (Å²) in [5.74, 6) is 0.654. The van der Waals surface area contributed by atoms with E-state index in [2.05, 4.69) is 51.9 Å². The summed E-state index contributed by atoms with van der Waals surface area (Å²) in [6.07, 6.45) is 1.11. The summed E-state index contributed by atoms with van der Waals surface area (Å²) in [7, 11) is 3.97. The number of rotatable bonds is 8. The van der Waals surface area contributed by atoms with Gasteiger partial charge in [-0.2, -0.15) is 0 Å². The number of hydrogen-bond acceptors (Lipinski definition) is 3. The third-order valence-corrected chi connectivity index (χ3v) is 3.33. The second-order valence-corrected chi connectivity index (χ2v) is 6.18. The Hall–Kier alpha value is -0.120. The summed E-state index contributed by atoms with van der Waals surface area (Å²) in [6.45, 7) is 14.3. The van der Waals surface area contributed by atoms with Gasteiger partial charge in [-0.1, -0.05) is 6.92 Å². The van der Waals surface area contributed by atoms with Crippen molar-refractivity contribution in [2.75, 3.05) is 33.9 Å². The fraction of sp³-hybridized carbons (Fsp3) is 1.00. The molecule has 104 valence electrons. The summed E-state index contributed by atoms with van der Waals surface area (Å²) in [6, 6.07) is 0.599. The van der Waals surface area contributed by atoms with E-state index >= 15 is 0 Å². The first-order valence-corrected chi connectivity index (χ1v) is 6.72. The topological polar surface area (TPSA) is 24.5 Å². The summed E-state index contributed by atoms with van der Waals surface area (Å²) in [5.41, 5.74) is 0.211. The van der Waals surface area contributed by atoms with E-state index in [1.165, 1.54) is 0 Å². The predicted octanol–water partition coefficient (Wildman–Crippen LogP) is 2.37. The maximum Gasteiger partial charge on any atom is 0.0474 e. The molecule has 0 aliphatic carbocycles. The Labute approximate surface area is 108 Å². The zero-order chi connectivity index (χ0) is 13.5. The molecule has 17 heavy (non-hydrogen) atoms. The maximum atomic E-state index is 5.09. The minimum absolute atomic E-state index is 0.211. The molecule has 2 atom stereocenters. The normalized spacial score (nSPS) is 16.2. The van der Waals surface area contributed by atoms with Crippen molar-refractivity contribution in [2.45, 2.75) is 52.6 Å². The highest BCUT2D eigenvalue weighted by molar-refractivity contribution is 4.77. The SMILES string of the molecule is COCCCN(C)C(C)C(C)CNC(C)(C)C. The largest absolute Gasteiger partial charge is 0.385 e. The van der Waals surface area contributed by atoms with Gasteiger partial charge in [-0.3, -0.25) is 0 Å². The third-order valence-electron chi connectivity index (χ3n) is 3.33. The Bertz CT molecular complexity index is 189. The highest BCUT2D eigenvalue weighted by atomic mass is 16.5. The molecule has 3 heteroatoms. The average molecular weight is 244 g/mol. The third kappa shape index (κ3) is 8.58. The summed E-state index contributed by atoms with van der Waals surface area (Å²) in [5, 5.41) is 3.57. The number of methoxy groups -OCH3 is 1. The molecule has 0 spiro atoms. The second kappa shape index (κ2) is 8.06. The van der Waals surface area contributed by atoms with Crippen LogP contribution in [0.2, 0.25) is 0 Å². The quantitative estimate of drug-likeness (QED) is 0.663. The molecule has 0 saturated heterocycles. The van der Waals surface area contributed by atoms with Gasteiger partial charge in [-0.05, 0) is 53.6 Å². The van der Waals surface area contributed by atoms with Crippen molar-refractivity contribution >= 4 is 0 Å². The first kappa shape index (κ1) is 16.9. The van der Waals surface area contributed by atoms with Crippen molar-refractivity contribution in [3.8, 4) is 0 Å². The van der Waals surface area contributed by atoms with E-state index in [4.69, 9.17) is 4.74 Å². The number of hydrogen-bond donors (Lipinski definition) is 1. The molecule has 0 saturated carbocycles. The molecule has 0 heterocycles. The van der Waals surface area contributed by atoms with Crippen LogP contribution < -0.4 is 5.32 Å². The van der Waals surface area contributed by atoms with Crippen LogP contribution in [0.25, 0.3) is 0 Å². The minimum Gasteiger partial charge on any atom is -0.385 e. The first-order chi connectivity index (χ1) is 7.78. The van der Waals surface area contributed by atoms with Crippen LogP contribution in [0.15, 0.2) is 0 Å². The zero-order valence-electron chi connectivity index (χ0n) is 12.8. The predicted molar refractivity (Wildman–Crippen MR) is 75.5 cm³/mol. The Kier molecular flexibility index (Phi) is 8.01. The van der Waals surface area contributed by atoms with Gasteiger partial charge in [0.05, 0.1) is 0 Å². The van der Waals surface area contributed by atoms with Gasteiger partial charge in [-0.25, -0.2) is 0 Å². The van der Waals surface area contributed by atoms with E-state index in [9.17, 15) is 0 Å². The standard InChI is InChI=1S/C14H32N2O/c1-12(11-15-14(3,4)5)13(2)16(6)9-8-10-17-7/h12-13,15H,8-11H2,1-7H3. The Morgan fingerprint density at radius 1 is 1.24 bits per heavy atom. The van der Waals surface area contributed by atoms with Crippen molar-refractivity contribution in [3.63, 3.8) is 0 Å². The van der Waals surface area contributed by atoms with Crippen LogP contribution in [0.5, 0.6) is 0 Å². The van der Waals surface area contributed by atoms with Crippen LogP contribution >= 0.6 is 0 Å². The fourth-order valence-corrected chi connectivity index (χ4v) is 1.73. The smallest absolute Gasteiger partial charge is 0.0474 e. The van der Waals surface area contributed by atoms with E-state index in [0.717, 1.165) is 26.1 Å². The fourth-order valence-electron chi connectivity index (χ4n) is 1.73. The van der Waals surface area contributed by atoms with Gasteiger partial charge in [0.1, 0.15) is 0 Å². The van der Waals surface area contributed by atoms with Crippen LogP contribution in [0.1, 0.15) is 41.0 Å². The molecule has 1 N–H and O–H groups in total. The van der Waals surface area contributed by atoms with Crippen LogP contribution in [0, 0.1) is 5.92 Å². The molecule has 0 fully saturated rings. The Morgan fingerprint density at radius 2 is 1.82 bits per heavy atom. The van der Waals surface area contributed by atoms with Crippen molar-refractivity contribution in [3.05, 3.63) is 0 Å². The monoisotopic (exact) mass is 244 g/mol. The molecule has 0 rings (SSSR count). The highest BCUT2D eigenvalue weighted by Gasteiger charge is 2.18. The van der Waals surface area contributed by atoms with E-state index in [1.807, 2.05) is 0 Å². The zero-order valence-corrected chi connectivity index (χ0v) is 12.8. The van der Waals surface area contributed by atoms with Gasteiger partial charge in [0.2, 0.25) is 0 Å². The molecule has 0 bridgehead atoms. The van der Waals surface area contributed by atoms with Crippen molar-refractivity contribution in [1.82, 2.24) is 10.2 Å². The summed E-state index contributed by atoms with van der Waals surface area (Å²) < 4.78 is 5.09. The number of nitrogens with one attached hydrogen (secondary N) is 1. The molecule has 0 aliphatic heterocycles. The van der Waals surface area contributed by atoms with Crippen molar-refractivity contribution < 1.29 is 4.74 Å². The van der Waals surface area contributed by atoms with Crippen LogP contribution in [0.3, 0.4) is 0 Å².